The molecule has 0 bridgehead atoms. The minimum Gasteiger partial charge on any atom is -0.457 e. The van der Waals surface area contributed by atoms with Crippen molar-refractivity contribution in [2.24, 2.45) is 0 Å². The molecule has 0 saturated carbocycles. The van der Waals surface area contributed by atoms with Gasteiger partial charge in [0, 0.05) is 13.1 Å². The monoisotopic (exact) mass is 278 g/mol. The summed E-state index contributed by atoms with van der Waals surface area (Å²) in [7, 11) is 1.93. The number of benzene rings is 1. The van der Waals surface area contributed by atoms with Crippen LogP contribution in [0, 0.1) is 0 Å². The van der Waals surface area contributed by atoms with E-state index < -0.39 is 12.0 Å². The molecule has 1 heterocycles. The lowest BCUT2D eigenvalue weighted by Gasteiger charge is -2.30. The molecule has 1 aliphatic rings. The van der Waals surface area contributed by atoms with E-state index in [4.69, 9.17) is 9.47 Å². The van der Waals surface area contributed by atoms with Crippen LogP contribution in [0.2, 0.25) is 0 Å². The van der Waals surface area contributed by atoms with E-state index in [-0.39, 0.29) is 6.09 Å². The summed E-state index contributed by atoms with van der Waals surface area (Å²) in [5.41, 5.74) is -0.504. The average molecular weight is 278 g/mol. The van der Waals surface area contributed by atoms with Gasteiger partial charge in [0.1, 0.15) is 11.4 Å². The largest absolute Gasteiger partial charge is 0.457 e. The predicted octanol–water partition coefficient (Wildman–Crippen LogP) is 2.53. The van der Waals surface area contributed by atoms with Gasteiger partial charge < -0.3 is 9.47 Å². The van der Waals surface area contributed by atoms with Crippen molar-refractivity contribution in [2.75, 3.05) is 20.1 Å². The molecule has 1 unspecified atom stereocenters. The number of hydrogen-bond acceptors (Lipinski definition) is 4. The van der Waals surface area contributed by atoms with E-state index in [0.717, 1.165) is 12.3 Å². The minimum absolute atomic E-state index is 0.345. The van der Waals surface area contributed by atoms with Crippen molar-refractivity contribution in [2.45, 2.75) is 32.7 Å². The van der Waals surface area contributed by atoms with Crippen LogP contribution < -0.4 is 4.74 Å². The van der Waals surface area contributed by atoms with Gasteiger partial charge in [-0.3, -0.25) is 9.80 Å². The van der Waals surface area contributed by atoms with Gasteiger partial charge in [0.15, 0.2) is 0 Å². The van der Waals surface area contributed by atoms with Crippen molar-refractivity contribution in [1.29, 1.82) is 0 Å². The van der Waals surface area contributed by atoms with Gasteiger partial charge >= 0.3 is 6.09 Å². The zero-order chi connectivity index (χ0) is 14.8. The Kier molecular flexibility index (Phi) is 4.18. The lowest BCUT2D eigenvalue weighted by atomic mass is 10.2. The first-order valence-electron chi connectivity index (χ1n) is 6.78. The van der Waals surface area contributed by atoms with Crippen LogP contribution in [0.4, 0.5) is 4.79 Å². The van der Waals surface area contributed by atoms with E-state index >= 15 is 0 Å². The molecule has 2 rings (SSSR count). The molecular weight excluding hydrogens is 256 g/mol. The lowest BCUT2D eigenvalue weighted by Crippen LogP contribution is -2.46. The number of likely N-dealkylation sites (N-methyl/N-ethyl adjacent to an activating group) is 1. The highest BCUT2D eigenvalue weighted by Crippen LogP contribution is 2.21. The van der Waals surface area contributed by atoms with Gasteiger partial charge in [-0.05, 0) is 40.0 Å². The predicted molar refractivity (Wildman–Crippen MR) is 76.4 cm³/mol. The van der Waals surface area contributed by atoms with Crippen LogP contribution in [0.5, 0.6) is 5.75 Å². The third-order valence-corrected chi connectivity index (χ3v) is 2.95. The fourth-order valence-electron chi connectivity index (χ4n) is 2.00. The number of carbonyl (C=O) groups is 1. The van der Waals surface area contributed by atoms with Crippen LogP contribution in [0.3, 0.4) is 0 Å². The molecule has 1 aromatic carbocycles. The molecule has 20 heavy (non-hydrogen) atoms. The molecular formula is C15H22N2O3. The first-order valence-corrected chi connectivity index (χ1v) is 6.78. The molecule has 0 aliphatic carbocycles. The fraction of sp³-hybridized carbons (Fsp3) is 0.533. The minimum atomic E-state index is -0.504. The smallest absolute Gasteiger partial charge is 0.414 e. The molecule has 5 heteroatoms. The first-order chi connectivity index (χ1) is 9.37. The number of nitrogens with zero attached hydrogens (tertiary/aromatic N) is 2. The van der Waals surface area contributed by atoms with Crippen molar-refractivity contribution in [1.82, 2.24) is 9.80 Å². The first kappa shape index (κ1) is 14.7. The SMILES string of the molecule is CN1CCN(C(=O)OC(C)(C)C)C1Oc1ccccc1. The van der Waals surface area contributed by atoms with Crippen molar-refractivity contribution >= 4 is 6.09 Å². The molecule has 1 atom stereocenters. The molecule has 0 N–H and O–H groups in total. The third kappa shape index (κ3) is 3.63. The van der Waals surface area contributed by atoms with Gasteiger partial charge in [0.05, 0.1) is 0 Å². The van der Waals surface area contributed by atoms with E-state index in [9.17, 15) is 4.79 Å². The van der Waals surface area contributed by atoms with E-state index in [1.807, 2.05) is 63.1 Å². The molecule has 0 radical (unpaired) electrons. The van der Waals surface area contributed by atoms with Crippen molar-refractivity contribution in [3.8, 4) is 5.75 Å². The molecule has 0 spiro atoms. The topological polar surface area (TPSA) is 42.0 Å². The lowest BCUT2D eigenvalue weighted by molar-refractivity contribution is -0.0420. The normalized spacial score (nSPS) is 20.0. The Morgan fingerprint density at radius 3 is 2.45 bits per heavy atom. The summed E-state index contributed by atoms with van der Waals surface area (Å²) in [6.07, 6.45) is -0.768. The second-order valence-electron chi connectivity index (χ2n) is 5.91. The van der Waals surface area contributed by atoms with Gasteiger partial charge in [0.2, 0.25) is 6.35 Å². The summed E-state index contributed by atoms with van der Waals surface area (Å²) in [6.45, 7) is 6.94. The number of rotatable bonds is 2. The van der Waals surface area contributed by atoms with E-state index in [0.29, 0.717) is 6.54 Å². The molecule has 110 valence electrons. The molecule has 1 saturated heterocycles. The molecule has 0 aromatic heterocycles. The van der Waals surface area contributed by atoms with E-state index in [1.165, 1.54) is 0 Å². The maximum Gasteiger partial charge on any atom is 0.414 e. The van der Waals surface area contributed by atoms with Crippen LogP contribution in [-0.2, 0) is 4.74 Å². The Morgan fingerprint density at radius 2 is 1.85 bits per heavy atom. The fourth-order valence-corrected chi connectivity index (χ4v) is 2.00. The van der Waals surface area contributed by atoms with Gasteiger partial charge in [-0.25, -0.2) is 4.79 Å². The zero-order valence-corrected chi connectivity index (χ0v) is 12.5. The van der Waals surface area contributed by atoms with Crippen LogP contribution in [0.1, 0.15) is 20.8 Å². The van der Waals surface area contributed by atoms with E-state index in [1.54, 1.807) is 4.90 Å². The summed E-state index contributed by atoms with van der Waals surface area (Å²) in [5.74, 6) is 0.736. The second-order valence-corrected chi connectivity index (χ2v) is 5.91. The Hall–Kier alpha value is -1.75. The number of hydrogen-bond donors (Lipinski definition) is 0. The standard InChI is InChI=1S/C15H22N2O3/c1-15(2,3)20-14(18)17-11-10-16(4)13(17)19-12-8-6-5-7-9-12/h5-9,13H,10-11H2,1-4H3. The van der Waals surface area contributed by atoms with E-state index in [2.05, 4.69) is 0 Å². The number of amides is 1. The summed E-state index contributed by atoms with van der Waals surface area (Å²) in [4.78, 5) is 15.8. The number of para-hydroxylation sites is 1. The van der Waals surface area contributed by atoms with Crippen LogP contribution >= 0.6 is 0 Å². The third-order valence-electron chi connectivity index (χ3n) is 2.95. The molecule has 1 aliphatic heterocycles. The van der Waals surface area contributed by atoms with Gasteiger partial charge in [-0.1, -0.05) is 18.2 Å². The highest BCUT2D eigenvalue weighted by atomic mass is 16.6. The van der Waals surface area contributed by atoms with Crippen molar-refractivity contribution < 1.29 is 14.3 Å². The molecule has 1 fully saturated rings. The molecule has 5 nitrogen and oxygen atoms in total. The van der Waals surface area contributed by atoms with Crippen molar-refractivity contribution in [3.63, 3.8) is 0 Å². The summed E-state index contributed by atoms with van der Waals surface area (Å²) in [6, 6.07) is 9.49. The molecule has 1 aromatic rings. The Bertz CT molecular complexity index is 456. The zero-order valence-electron chi connectivity index (χ0n) is 12.5. The van der Waals surface area contributed by atoms with Gasteiger partial charge in [-0.2, -0.15) is 0 Å². The van der Waals surface area contributed by atoms with Crippen molar-refractivity contribution in [3.05, 3.63) is 30.3 Å². The Morgan fingerprint density at radius 1 is 1.20 bits per heavy atom. The molecule has 1 amide bonds. The maximum absolute atomic E-state index is 12.2. The average Bonchev–Trinajstić information content (AvgIpc) is 2.70. The maximum atomic E-state index is 12.2. The highest BCUT2D eigenvalue weighted by Gasteiger charge is 2.37. The summed E-state index contributed by atoms with van der Waals surface area (Å²) in [5, 5.41) is 0. The number of carbonyl (C=O) groups excluding carboxylic acids is 1. The Balaban J connectivity index is 2.07. The highest BCUT2D eigenvalue weighted by molar-refractivity contribution is 5.68. The second kappa shape index (κ2) is 5.71. The van der Waals surface area contributed by atoms with Crippen LogP contribution in [0.25, 0.3) is 0 Å². The summed E-state index contributed by atoms with van der Waals surface area (Å²) >= 11 is 0. The van der Waals surface area contributed by atoms with Gasteiger partial charge in [-0.15, -0.1) is 0 Å². The quantitative estimate of drug-likeness (QED) is 0.833. The van der Waals surface area contributed by atoms with Gasteiger partial charge in [0.25, 0.3) is 0 Å². The van der Waals surface area contributed by atoms with Crippen LogP contribution in [0.15, 0.2) is 30.3 Å². The number of ether oxygens (including phenoxy) is 2. The van der Waals surface area contributed by atoms with Crippen LogP contribution in [-0.4, -0.2) is 48.0 Å². The summed E-state index contributed by atoms with van der Waals surface area (Å²) < 4.78 is 11.3. The Labute approximate surface area is 120 Å².